The monoisotopic (exact) mass is 281 g/mol. The molecule has 7 nitrogen and oxygen atoms in total. The minimum atomic E-state index is -1.76. The van der Waals surface area contributed by atoms with Crippen LogP contribution in [0, 0.1) is 0 Å². The number of aliphatic carboxylic acids is 1. The molecule has 1 rings (SSSR count). The number of carboxylic acid groups (broad SMARTS) is 1. The minimum Gasteiger partial charge on any atom is -0.479 e. The van der Waals surface area contributed by atoms with Crippen LogP contribution in [0.1, 0.15) is 12.0 Å². The van der Waals surface area contributed by atoms with Crippen LogP contribution in [0.15, 0.2) is 30.3 Å². The minimum absolute atomic E-state index is 0.0681. The van der Waals surface area contributed by atoms with Crippen LogP contribution in [0.3, 0.4) is 0 Å². The van der Waals surface area contributed by atoms with E-state index in [9.17, 15) is 14.4 Å². The maximum Gasteiger partial charge on any atom is 0.407 e. The number of Topliss-reactive ketones (excluding diaryl/α,β-unsaturated/α-hetero) is 1. The number of hydrogen-bond donors (Lipinski definition) is 3. The van der Waals surface area contributed by atoms with Crippen LogP contribution in [0.2, 0.25) is 0 Å². The zero-order valence-corrected chi connectivity index (χ0v) is 10.6. The summed E-state index contributed by atoms with van der Waals surface area (Å²) in [5, 5.41) is 19.5. The van der Waals surface area contributed by atoms with Crippen molar-refractivity contribution in [3.05, 3.63) is 35.9 Å². The van der Waals surface area contributed by atoms with E-state index < -0.39 is 36.9 Å². The van der Waals surface area contributed by atoms with Crippen LogP contribution in [0.4, 0.5) is 4.79 Å². The Morgan fingerprint density at radius 1 is 1.20 bits per heavy atom. The third-order valence-electron chi connectivity index (χ3n) is 2.35. The van der Waals surface area contributed by atoms with Gasteiger partial charge in [-0.25, -0.2) is 9.59 Å². The molecule has 0 radical (unpaired) electrons. The van der Waals surface area contributed by atoms with Crippen LogP contribution in [-0.4, -0.2) is 40.7 Å². The van der Waals surface area contributed by atoms with Crippen LogP contribution in [-0.2, 0) is 20.9 Å². The first-order chi connectivity index (χ1) is 9.49. The summed E-state index contributed by atoms with van der Waals surface area (Å²) in [6.07, 6.45) is -3.11. The highest BCUT2D eigenvalue weighted by Crippen LogP contribution is 2.00. The highest BCUT2D eigenvalue weighted by Gasteiger charge is 2.18. The lowest BCUT2D eigenvalue weighted by Gasteiger charge is -2.07. The quantitative estimate of drug-likeness (QED) is 0.663. The van der Waals surface area contributed by atoms with E-state index in [-0.39, 0.29) is 6.61 Å². The molecule has 1 amide bonds. The van der Waals surface area contributed by atoms with E-state index in [2.05, 4.69) is 5.32 Å². The van der Waals surface area contributed by atoms with Crippen molar-refractivity contribution in [2.75, 3.05) is 6.54 Å². The van der Waals surface area contributed by atoms with Gasteiger partial charge in [0.2, 0.25) is 0 Å². The van der Waals surface area contributed by atoms with E-state index >= 15 is 0 Å². The van der Waals surface area contributed by atoms with Crippen LogP contribution >= 0.6 is 0 Å². The van der Waals surface area contributed by atoms with Crippen LogP contribution < -0.4 is 5.32 Å². The molecule has 0 aromatic heterocycles. The second-order valence-corrected chi connectivity index (χ2v) is 4.01. The zero-order chi connectivity index (χ0) is 15.0. The number of ketones is 1. The highest BCUT2D eigenvalue weighted by atomic mass is 16.5. The Morgan fingerprint density at radius 2 is 1.85 bits per heavy atom. The van der Waals surface area contributed by atoms with Gasteiger partial charge in [-0.05, 0) is 5.56 Å². The smallest absolute Gasteiger partial charge is 0.407 e. The van der Waals surface area contributed by atoms with Gasteiger partial charge in [0.05, 0.1) is 6.54 Å². The van der Waals surface area contributed by atoms with Crippen LogP contribution in [0.5, 0.6) is 0 Å². The van der Waals surface area contributed by atoms with E-state index in [1.54, 1.807) is 24.3 Å². The number of nitrogens with one attached hydrogen (secondary N) is 1. The van der Waals surface area contributed by atoms with E-state index in [0.717, 1.165) is 5.56 Å². The maximum atomic E-state index is 11.3. The number of amides is 1. The van der Waals surface area contributed by atoms with Gasteiger partial charge in [-0.2, -0.15) is 0 Å². The summed E-state index contributed by atoms with van der Waals surface area (Å²) in [6, 6.07) is 8.99. The summed E-state index contributed by atoms with van der Waals surface area (Å²) in [4.78, 5) is 32.8. The molecule has 1 aromatic rings. The predicted octanol–water partition coefficient (Wildman–Crippen LogP) is 0.318. The molecule has 0 aliphatic carbocycles. The Bertz CT molecular complexity index is 473. The summed E-state index contributed by atoms with van der Waals surface area (Å²) < 4.78 is 4.85. The number of alkyl carbamates (subject to hydrolysis) is 1. The molecule has 3 N–H and O–H groups in total. The number of aliphatic hydroxyl groups excluding tert-OH is 1. The van der Waals surface area contributed by atoms with E-state index in [4.69, 9.17) is 14.9 Å². The fourth-order valence-corrected chi connectivity index (χ4v) is 1.32. The molecule has 7 heteroatoms. The molecule has 108 valence electrons. The summed E-state index contributed by atoms with van der Waals surface area (Å²) >= 11 is 0. The van der Waals surface area contributed by atoms with Crippen molar-refractivity contribution in [2.45, 2.75) is 19.1 Å². The molecule has 1 atom stereocenters. The zero-order valence-electron chi connectivity index (χ0n) is 10.6. The Morgan fingerprint density at radius 3 is 2.45 bits per heavy atom. The van der Waals surface area contributed by atoms with E-state index in [1.807, 2.05) is 6.07 Å². The summed E-state index contributed by atoms with van der Waals surface area (Å²) in [6.45, 7) is -0.323. The third-order valence-corrected chi connectivity index (χ3v) is 2.35. The van der Waals surface area contributed by atoms with Gasteiger partial charge < -0.3 is 20.3 Å². The molecule has 0 aliphatic rings. The summed E-state index contributed by atoms with van der Waals surface area (Å²) in [7, 11) is 0. The largest absolute Gasteiger partial charge is 0.479 e. The van der Waals surface area contributed by atoms with E-state index in [1.165, 1.54) is 0 Å². The molecular weight excluding hydrogens is 266 g/mol. The second kappa shape index (κ2) is 7.90. The number of rotatable bonds is 7. The van der Waals surface area contributed by atoms with Crippen molar-refractivity contribution >= 4 is 17.8 Å². The molecule has 0 spiro atoms. The number of carboxylic acids is 1. The number of hydrogen-bond acceptors (Lipinski definition) is 5. The molecule has 0 bridgehead atoms. The van der Waals surface area contributed by atoms with Crippen molar-refractivity contribution < 1.29 is 29.3 Å². The molecule has 0 fully saturated rings. The highest BCUT2D eigenvalue weighted by molar-refractivity contribution is 5.88. The normalized spacial score (nSPS) is 11.4. The molecule has 0 saturated carbocycles. The third kappa shape index (κ3) is 5.96. The standard InChI is InChI=1S/C13H15NO6/c15-10(6-11(16)12(17)18)7-14-13(19)20-8-9-4-2-1-3-5-9/h1-5,11,16H,6-8H2,(H,14,19)(H,17,18). The van der Waals surface area contributed by atoms with Crippen molar-refractivity contribution in [1.29, 1.82) is 0 Å². The Hall–Kier alpha value is -2.41. The fraction of sp³-hybridized carbons (Fsp3) is 0.308. The first-order valence-electron chi connectivity index (χ1n) is 5.86. The summed E-state index contributed by atoms with van der Waals surface area (Å²) in [5.74, 6) is -2.08. The molecule has 1 unspecified atom stereocenters. The molecule has 0 aliphatic heterocycles. The van der Waals surface area contributed by atoms with Gasteiger partial charge in [-0.1, -0.05) is 30.3 Å². The number of ether oxygens (including phenoxy) is 1. The molecule has 20 heavy (non-hydrogen) atoms. The van der Waals surface area contributed by atoms with Gasteiger partial charge in [0.1, 0.15) is 6.61 Å². The average molecular weight is 281 g/mol. The first kappa shape index (κ1) is 15.6. The van der Waals surface area contributed by atoms with Crippen LogP contribution in [0.25, 0.3) is 0 Å². The number of carbonyl (C=O) groups is 3. The molecular formula is C13H15NO6. The van der Waals surface area contributed by atoms with Gasteiger partial charge in [0.15, 0.2) is 11.9 Å². The first-order valence-corrected chi connectivity index (χ1v) is 5.86. The maximum absolute atomic E-state index is 11.3. The molecule has 0 saturated heterocycles. The van der Waals surface area contributed by atoms with Gasteiger partial charge in [-0.3, -0.25) is 4.79 Å². The van der Waals surface area contributed by atoms with Gasteiger partial charge in [0, 0.05) is 6.42 Å². The molecule has 0 heterocycles. The number of aliphatic hydroxyl groups is 1. The predicted molar refractivity (Wildman–Crippen MR) is 67.9 cm³/mol. The SMILES string of the molecule is O=C(CNC(=O)OCc1ccccc1)CC(O)C(=O)O. The average Bonchev–Trinajstić information content (AvgIpc) is 2.43. The Balaban J connectivity index is 2.23. The van der Waals surface area contributed by atoms with Crippen molar-refractivity contribution in [3.63, 3.8) is 0 Å². The summed E-state index contributed by atoms with van der Waals surface area (Å²) in [5.41, 5.74) is 0.801. The number of benzene rings is 1. The lowest BCUT2D eigenvalue weighted by Crippen LogP contribution is -2.33. The van der Waals surface area contributed by atoms with Crippen molar-refractivity contribution in [3.8, 4) is 0 Å². The van der Waals surface area contributed by atoms with Gasteiger partial charge in [-0.15, -0.1) is 0 Å². The fourth-order valence-electron chi connectivity index (χ4n) is 1.32. The van der Waals surface area contributed by atoms with Crippen molar-refractivity contribution in [1.82, 2.24) is 5.32 Å². The Labute approximate surface area is 115 Å². The number of carbonyl (C=O) groups excluding carboxylic acids is 2. The van der Waals surface area contributed by atoms with Gasteiger partial charge >= 0.3 is 12.1 Å². The lowest BCUT2D eigenvalue weighted by molar-refractivity contribution is -0.148. The lowest BCUT2D eigenvalue weighted by atomic mass is 10.2. The Kier molecular flexibility index (Phi) is 6.18. The van der Waals surface area contributed by atoms with Crippen molar-refractivity contribution in [2.24, 2.45) is 0 Å². The van der Waals surface area contributed by atoms with E-state index in [0.29, 0.717) is 0 Å². The topological polar surface area (TPSA) is 113 Å². The molecule has 1 aromatic carbocycles. The second-order valence-electron chi connectivity index (χ2n) is 4.01. The van der Waals surface area contributed by atoms with Gasteiger partial charge in [0.25, 0.3) is 0 Å².